The number of amides is 1. The van der Waals surface area contributed by atoms with Gasteiger partial charge in [0.05, 0.1) is 18.3 Å². The largest absolute Gasteiger partial charge is 0.480 e. The molecule has 1 aromatic carbocycles. The van der Waals surface area contributed by atoms with E-state index in [9.17, 15) is 14.7 Å². The third-order valence-electron chi connectivity index (χ3n) is 9.22. The predicted octanol–water partition coefficient (Wildman–Crippen LogP) is 7.39. The lowest BCUT2D eigenvalue weighted by Crippen LogP contribution is -2.52. The van der Waals surface area contributed by atoms with Crippen molar-refractivity contribution in [2.45, 2.75) is 112 Å². The molecule has 0 fully saturated rings. The van der Waals surface area contributed by atoms with E-state index < -0.39 is 11.6 Å². The Labute approximate surface area is 248 Å². The summed E-state index contributed by atoms with van der Waals surface area (Å²) in [7, 11) is 1.51. The third kappa shape index (κ3) is 7.58. The number of carbonyl (C=O) groups is 2. The van der Waals surface area contributed by atoms with Crippen LogP contribution in [0.3, 0.4) is 0 Å². The molecule has 41 heavy (non-hydrogen) atoms. The van der Waals surface area contributed by atoms with Gasteiger partial charge in [-0.15, -0.1) is 0 Å². The smallest absolute Gasteiger partial charge is 0.323 e. The number of carboxylic acids is 1. The summed E-state index contributed by atoms with van der Waals surface area (Å²) in [4.78, 5) is 25.2. The van der Waals surface area contributed by atoms with Gasteiger partial charge in [-0.25, -0.2) is 0 Å². The number of aliphatic carboxylic acids is 1. The van der Waals surface area contributed by atoms with Crippen molar-refractivity contribution in [3.8, 4) is 0 Å². The molecule has 0 saturated carbocycles. The van der Waals surface area contributed by atoms with Gasteiger partial charge in [-0.2, -0.15) is 0 Å². The molecule has 228 valence electrons. The predicted molar refractivity (Wildman–Crippen MR) is 167 cm³/mol. The van der Waals surface area contributed by atoms with Crippen LogP contribution in [0.2, 0.25) is 0 Å². The first kappa shape index (κ1) is 34.5. The molecule has 0 saturated heterocycles. The Morgan fingerprint density at radius 1 is 1.07 bits per heavy atom. The van der Waals surface area contributed by atoms with Crippen molar-refractivity contribution in [1.82, 2.24) is 4.90 Å². The van der Waals surface area contributed by atoms with E-state index in [0.29, 0.717) is 18.6 Å². The van der Waals surface area contributed by atoms with E-state index in [0.717, 1.165) is 42.4 Å². The zero-order chi connectivity index (χ0) is 31.2. The fourth-order valence-electron chi connectivity index (χ4n) is 6.16. The number of hydrogen-bond acceptors (Lipinski definition) is 4. The van der Waals surface area contributed by atoms with E-state index in [-0.39, 0.29) is 29.4 Å². The van der Waals surface area contributed by atoms with Gasteiger partial charge in [-0.05, 0) is 80.2 Å². The molecule has 2 atom stereocenters. The molecule has 2 unspecified atom stereocenters. The maximum Gasteiger partial charge on any atom is 0.323 e. The lowest BCUT2D eigenvalue weighted by atomic mass is 9.69. The van der Waals surface area contributed by atoms with Gasteiger partial charge in [0, 0.05) is 18.0 Å². The number of carbonyl (C=O) groups excluding carboxylic acids is 1. The van der Waals surface area contributed by atoms with Crippen LogP contribution in [-0.4, -0.2) is 58.9 Å². The van der Waals surface area contributed by atoms with Gasteiger partial charge in [-0.1, -0.05) is 83.9 Å². The summed E-state index contributed by atoms with van der Waals surface area (Å²) in [5.74, 6) is -1.33. The standard InChI is InChI=1S/C35H53NO5/c1-11-20-35(40,33(7,8)9)26(6)41-23-27-15-17-28(16-14-24(27)4)34(12-2,13-3)29-18-19-30(25(5)21-29)32(39)36(10)22-31(37)38/h15-19,21,26,40H,11-14,20,22-23H2,1-10H3,(H,37,38). The normalized spacial score (nSPS) is 16.6. The number of nitrogens with zero attached hydrogens (tertiary/aromatic N) is 1. The topological polar surface area (TPSA) is 87.1 Å². The second kappa shape index (κ2) is 14.0. The molecule has 1 aromatic rings. The highest BCUT2D eigenvalue weighted by molar-refractivity contribution is 5.97. The molecule has 6 nitrogen and oxygen atoms in total. The van der Waals surface area contributed by atoms with E-state index in [2.05, 4.69) is 72.8 Å². The summed E-state index contributed by atoms with van der Waals surface area (Å²) in [6, 6.07) is 5.94. The van der Waals surface area contributed by atoms with E-state index in [1.54, 1.807) is 0 Å². The van der Waals surface area contributed by atoms with E-state index in [1.165, 1.54) is 23.1 Å². The van der Waals surface area contributed by atoms with Crippen LogP contribution in [0.1, 0.15) is 109 Å². The summed E-state index contributed by atoms with van der Waals surface area (Å²) >= 11 is 0. The Morgan fingerprint density at radius 2 is 1.71 bits per heavy atom. The third-order valence-corrected chi connectivity index (χ3v) is 9.22. The number of hydrogen-bond donors (Lipinski definition) is 2. The fourth-order valence-corrected chi connectivity index (χ4v) is 6.16. The molecule has 1 amide bonds. The van der Waals surface area contributed by atoms with Crippen LogP contribution in [-0.2, 0) is 14.9 Å². The number of allylic oxidation sites excluding steroid dienone is 4. The molecule has 6 heteroatoms. The fraction of sp³-hybridized carbons (Fsp3) is 0.600. The van der Waals surface area contributed by atoms with Crippen molar-refractivity contribution >= 4 is 11.9 Å². The van der Waals surface area contributed by atoms with E-state index in [4.69, 9.17) is 9.84 Å². The zero-order valence-electron chi connectivity index (χ0n) is 27.1. The molecule has 0 heterocycles. The molecule has 1 aliphatic rings. The van der Waals surface area contributed by atoms with E-state index >= 15 is 0 Å². The lowest BCUT2D eigenvalue weighted by Gasteiger charge is -2.44. The van der Waals surface area contributed by atoms with Crippen molar-refractivity contribution in [1.29, 1.82) is 0 Å². The molecule has 0 bridgehead atoms. The average molecular weight is 568 g/mol. The van der Waals surface area contributed by atoms with Gasteiger partial charge in [0.1, 0.15) is 6.54 Å². The van der Waals surface area contributed by atoms with Crippen molar-refractivity contribution in [2.75, 3.05) is 20.2 Å². The maximum atomic E-state index is 12.9. The quantitative estimate of drug-likeness (QED) is 0.259. The minimum absolute atomic E-state index is 0.229. The van der Waals surface area contributed by atoms with Gasteiger partial charge < -0.3 is 19.8 Å². The maximum absolute atomic E-state index is 12.9. The molecular formula is C35H53NO5. The van der Waals surface area contributed by atoms with E-state index in [1.807, 2.05) is 26.0 Å². The molecule has 0 spiro atoms. The SMILES string of the molecule is CCCC(O)(C(C)OCC1=C(C)CC=C(C(CC)(CC)c2ccc(C(=O)N(C)CC(=O)O)c(C)c2)C=C1)C(C)(C)C. The average Bonchev–Trinajstić information content (AvgIpc) is 3.08. The number of ether oxygens (including phenoxy) is 1. The van der Waals surface area contributed by atoms with Crippen molar-refractivity contribution in [2.24, 2.45) is 5.41 Å². The highest BCUT2D eigenvalue weighted by Crippen LogP contribution is 2.42. The monoisotopic (exact) mass is 567 g/mol. The number of carboxylic acid groups (broad SMARTS) is 1. The highest BCUT2D eigenvalue weighted by atomic mass is 16.5. The van der Waals surface area contributed by atoms with Crippen LogP contribution in [0.25, 0.3) is 0 Å². The molecular weight excluding hydrogens is 514 g/mol. The molecule has 2 N–H and O–H groups in total. The number of rotatable bonds is 13. The van der Waals surface area contributed by atoms with Gasteiger partial charge in [0.2, 0.25) is 0 Å². The lowest BCUT2D eigenvalue weighted by molar-refractivity contribution is -0.158. The Hall–Kier alpha value is -2.70. The van der Waals surface area contributed by atoms with Crippen LogP contribution in [0.15, 0.2) is 53.1 Å². The first-order chi connectivity index (χ1) is 19.1. The Kier molecular flexibility index (Phi) is 11.8. The zero-order valence-corrected chi connectivity index (χ0v) is 27.1. The molecule has 0 aliphatic heterocycles. The second-order valence-electron chi connectivity index (χ2n) is 12.8. The van der Waals surface area contributed by atoms with Crippen LogP contribution >= 0.6 is 0 Å². The van der Waals surface area contributed by atoms with Crippen LogP contribution in [0.4, 0.5) is 0 Å². The minimum Gasteiger partial charge on any atom is -0.480 e. The van der Waals surface area contributed by atoms with Crippen molar-refractivity contribution < 1.29 is 24.5 Å². The first-order valence-electron chi connectivity index (χ1n) is 15.1. The molecule has 1 aliphatic carbocycles. The van der Waals surface area contributed by atoms with Crippen LogP contribution in [0, 0.1) is 12.3 Å². The van der Waals surface area contributed by atoms with Gasteiger partial charge in [0.15, 0.2) is 0 Å². The van der Waals surface area contributed by atoms with Crippen LogP contribution < -0.4 is 0 Å². The number of aliphatic hydroxyl groups is 1. The molecule has 0 aromatic heterocycles. The minimum atomic E-state index is -1.04. The van der Waals surface area contributed by atoms with Crippen molar-refractivity contribution in [3.63, 3.8) is 0 Å². The summed E-state index contributed by atoms with van der Waals surface area (Å²) in [6.07, 6.45) is 10.6. The number of benzene rings is 1. The summed E-state index contributed by atoms with van der Waals surface area (Å²) < 4.78 is 6.35. The molecule has 2 rings (SSSR count). The summed E-state index contributed by atoms with van der Waals surface area (Å²) in [5.41, 5.74) is 4.69. The van der Waals surface area contributed by atoms with Gasteiger partial charge in [-0.3, -0.25) is 9.59 Å². The second-order valence-corrected chi connectivity index (χ2v) is 12.8. The Bertz CT molecular complexity index is 1180. The van der Waals surface area contributed by atoms with Gasteiger partial charge in [0.25, 0.3) is 5.91 Å². The number of likely N-dealkylation sites (N-methyl/N-ethyl adjacent to an activating group) is 1. The number of aryl methyl sites for hydroxylation is 1. The highest BCUT2D eigenvalue weighted by Gasteiger charge is 2.44. The van der Waals surface area contributed by atoms with Gasteiger partial charge >= 0.3 is 5.97 Å². The molecule has 0 radical (unpaired) electrons. The van der Waals surface area contributed by atoms with Crippen molar-refractivity contribution in [3.05, 3.63) is 69.8 Å². The first-order valence-corrected chi connectivity index (χ1v) is 15.1. The Morgan fingerprint density at radius 3 is 2.22 bits per heavy atom. The summed E-state index contributed by atoms with van der Waals surface area (Å²) in [6.45, 7) is 18.9. The van der Waals surface area contributed by atoms with Crippen LogP contribution in [0.5, 0.6) is 0 Å². The summed E-state index contributed by atoms with van der Waals surface area (Å²) in [5, 5.41) is 20.6. The Balaban J connectivity index is 2.33.